The molecule has 1 nitrogen and oxygen atoms in total. The Morgan fingerprint density at radius 1 is 1.17 bits per heavy atom. The minimum Gasteiger partial charge on any atom is -0.324 e. The number of hydrogen-bond donors (Lipinski definition) is 1. The van der Waals surface area contributed by atoms with E-state index in [9.17, 15) is 13.2 Å². The molecule has 2 N–H and O–H groups in total. The molecule has 0 aromatic heterocycles. The third-order valence-electron chi connectivity index (χ3n) is 3.40. The van der Waals surface area contributed by atoms with Gasteiger partial charge in [-0.15, -0.1) is 0 Å². The molecule has 0 bridgehead atoms. The summed E-state index contributed by atoms with van der Waals surface area (Å²) in [5.74, 6) is 2.15. The molecule has 18 heavy (non-hydrogen) atoms. The Morgan fingerprint density at radius 3 is 2.39 bits per heavy atom. The van der Waals surface area contributed by atoms with Gasteiger partial charge in [-0.1, -0.05) is 18.2 Å². The van der Waals surface area contributed by atoms with Crippen molar-refractivity contribution in [1.29, 1.82) is 0 Å². The molecule has 0 saturated carbocycles. The zero-order chi connectivity index (χ0) is 13.2. The van der Waals surface area contributed by atoms with Gasteiger partial charge in [0, 0.05) is 6.04 Å². The van der Waals surface area contributed by atoms with Crippen molar-refractivity contribution in [3.63, 3.8) is 0 Å². The number of nitrogens with two attached hydrogens (primary N) is 1. The molecule has 1 aromatic carbocycles. The van der Waals surface area contributed by atoms with Crippen LogP contribution in [0.1, 0.15) is 30.0 Å². The number of benzene rings is 1. The molecule has 1 aliphatic heterocycles. The van der Waals surface area contributed by atoms with E-state index in [4.69, 9.17) is 5.73 Å². The van der Waals surface area contributed by atoms with Gasteiger partial charge in [0.15, 0.2) is 0 Å². The van der Waals surface area contributed by atoms with Crippen molar-refractivity contribution < 1.29 is 13.2 Å². The fraction of sp³-hybridized carbons (Fsp3) is 0.538. The SMILES string of the molecule is NC(c1ccccc1C(F)(F)F)C1CCSCC1. The van der Waals surface area contributed by atoms with Gasteiger partial charge < -0.3 is 5.73 Å². The van der Waals surface area contributed by atoms with Crippen molar-refractivity contribution in [2.45, 2.75) is 25.1 Å². The first-order valence-corrected chi connectivity index (χ1v) is 7.15. The number of thioether (sulfide) groups is 1. The minimum absolute atomic E-state index is 0.162. The van der Waals surface area contributed by atoms with Crippen LogP contribution in [0.2, 0.25) is 0 Å². The van der Waals surface area contributed by atoms with Crippen LogP contribution in [-0.4, -0.2) is 11.5 Å². The van der Waals surface area contributed by atoms with E-state index in [2.05, 4.69) is 0 Å². The quantitative estimate of drug-likeness (QED) is 0.887. The number of halogens is 3. The van der Waals surface area contributed by atoms with Crippen LogP contribution in [0, 0.1) is 5.92 Å². The van der Waals surface area contributed by atoms with E-state index in [0.29, 0.717) is 0 Å². The standard InChI is InChI=1S/C13H16F3NS/c14-13(15,16)11-4-2-1-3-10(11)12(17)9-5-7-18-8-6-9/h1-4,9,12H,5-8,17H2. The van der Waals surface area contributed by atoms with Gasteiger partial charge in [0.25, 0.3) is 0 Å². The maximum Gasteiger partial charge on any atom is 0.416 e. The Kier molecular flexibility index (Phi) is 4.22. The number of alkyl halides is 3. The fourth-order valence-corrected chi connectivity index (χ4v) is 3.52. The Bertz CT molecular complexity index is 399. The van der Waals surface area contributed by atoms with Crippen LogP contribution in [0.4, 0.5) is 13.2 Å². The zero-order valence-electron chi connectivity index (χ0n) is 9.91. The smallest absolute Gasteiger partial charge is 0.324 e. The highest BCUT2D eigenvalue weighted by Crippen LogP contribution is 2.38. The van der Waals surface area contributed by atoms with E-state index in [1.165, 1.54) is 12.1 Å². The highest BCUT2D eigenvalue weighted by Gasteiger charge is 2.35. The zero-order valence-corrected chi connectivity index (χ0v) is 10.7. The molecule has 0 spiro atoms. The topological polar surface area (TPSA) is 26.0 Å². The summed E-state index contributed by atoms with van der Waals surface area (Å²) in [6, 6.07) is 5.16. The highest BCUT2D eigenvalue weighted by atomic mass is 32.2. The lowest BCUT2D eigenvalue weighted by atomic mass is 9.87. The van der Waals surface area contributed by atoms with Crippen molar-refractivity contribution in [3.8, 4) is 0 Å². The Morgan fingerprint density at radius 2 is 1.78 bits per heavy atom. The molecule has 1 atom stereocenters. The summed E-state index contributed by atoms with van der Waals surface area (Å²) in [5, 5.41) is 0. The van der Waals surface area contributed by atoms with Crippen LogP contribution >= 0.6 is 11.8 Å². The second-order valence-corrected chi connectivity index (χ2v) is 5.79. The Labute approximate surface area is 109 Å². The molecule has 1 heterocycles. The van der Waals surface area contributed by atoms with Gasteiger partial charge >= 0.3 is 6.18 Å². The van der Waals surface area contributed by atoms with Crippen LogP contribution < -0.4 is 5.73 Å². The van der Waals surface area contributed by atoms with Gasteiger partial charge in [-0.05, 0) is 41.9 Å². The van der Waals surface area contributed by atoms with E-state index in [0.717, 1.165) is 30.4 Å². The summed E-state index contributed by atoms with van der Waals surface area (Å²) >= 11 is 1.84. The van der Waals surface area contributed by atoms with Crippen molar-refractivity contribution in [2.24, 2.45) is 11.7 Å². The Balaban J connectivity index is 2.26. The molecule has 1 aromatic rings. The average molecular weight is 275 g/mol. The molecule has 5 heteroatoms. The van der Waals surface area contributed by atoms with Crippen LogP contribution in [0.3, 0.4) is 0 Å². The van der Waals surface area contributed by atoms with Crippen LogP contribution in [0.15, 0.2) is 24.3 Å². The first-order chi connectivity index (χ1) is 8.50. The van der Waals surface area contributed by atoms with Gasteiger partial charge in [-0.3, -0.25) is 0 Å². The molecule has 2 rings (SSSR count). The summed E-state index contributed by atoms with van der Waals surface area (Å²) < 4.78 is 38.7. The maximum absolute atomic E-state index is 12.9. The molecule has 1 unspecified atom stereocenters. The van der Waals surface area contributed by atoms with Crippen molar-refractivity contribution in [3.05, 3.63) is 35.4 Å². The van der Waals surface area contributed by atoms with Crippen molar-refractivity contribution >= 4 is 11.8 Å². The second kappa shape index (κ2) is 5.53. The van der Waals surface area contributed by atoms with Gasteiger partial charge in [0.1, 0.15) is 0 Å². The summed E-state index contributed by atoms with van der Waals surface area (Å²) in [6.07, 6.45) is -2.52. The van der Waals surface area contributed by atoms with Crippen LogP contribution in [-0.2, 0) is 6.18 Å². The molecule has 1 fully saturated rings. The monoisotopic (exact) mass is 275 g/mol. The largest absolute Gasteiger partial charge is 0.416 e. The van der Waals surface area contributed by atoms with Gasteiger partial charge in [-0.2, -0.15) is 24.9 Å². The van der Waals surface area contributed by atoms with Gasteiger partial charge in [0.2, 0.25) is 0 Å². The van der Waals surface area contributed by atoms with Gasteiger partial charge in [-0.25, -0.2) is 0 Å². The van der Waals surface area contributed by atoms with E-state index in [-0.39, 0.29) is 11.5 Å². The maximum atomic E-state index is 12.9. The summed E-state index contributed by atoms with van der Waals surface area (Å²) in [6.45, 7) is 0. The predicted molar refractivity (Wildman–Crippen MR) is 68.4 cm³/mol. The molecule has 0 aliphatic carbocycles. The lowest BCUT2D eigenvalue weighted by molar-refractivity contribution is -0.138. The van der Waals surface area contributed by atoms with E-state index >= 15 is 0 Å². The van der Waals surface area contributed by atoms with E-state index < -0.39 is 17.8 Å². The first kappa shape index (κ1) is 13.7. The van der Waals surface area contributed by atoms with Crippen molar-refractivity contribution in [1.82, 2.24) is 0 Å². The Hall–Kier alpha value is -0.680. The second-order valence-electron chi connectivity index (χ2n) is 4.56. The molecule has 100 valence electrons. The predicted octanol–water partition coefficient (Wildman–Crippen LogP) is 3.85. The highest BCUT2D eigenvalue weighted by molar-refractivity contribution is 7.99. The number of hydrogen-bond acceptors (Lipinski definition) is 2. The van der Waals surface area contributed by atoms with Crippen LogP contribution in [0.5, 0.6) is 0 Å². The third kappa shape index (κ3) is 3.01. The molecular weight excluding hydrogens is 259 g/mol. The fourth-order valence-electron chi connectivity index (χ4n) is 2.37. The van der Waals surface area contributed by atoms with Crippen molar-refractivity contribution in [2.75, 3.05) is 11.5 Å². The summed E-state index contributed by atoms with van der Waals surface area (Å²) in [7, 11) is 0. The normalized spacial score (nSPS) is 19.8. The van der Waals surface area contributed by atoms with E-state index in [1.54, 1.807) is 6.07 Å². The number of rotatable bonds is 2. The minimum atomic E-state index is -4.32. The summed E-state index contributed by atoms with van der Waals surface area (Å²) in [5.41, 5.74) is 5.71. The first-order valence-electron chi connectivity index (χ1n) is 5.99. The van der Waals surface area contributed by atoms with E-state index in [1.807, 2.05) is 11.8 Å². The molecular formula is C13H16F3NS. The third-order valence-corrected chi connectivity index (χ3v) is 4.45. The van der Waals surface area contributed by atoms with Gasteiger partial charge in [0.05, 0.1) is 5.56 Å². The lowest BCUT2D eigenvalue weighted by Crippen LogP contribution is -2.27. The summed E-state index contributed by atoms with van der Waals surface area (Å²) in [4.78, 5) is 0. The molecule has 1 aliphatic rings. The van der Waals surface area contributed by atoms with Crippen LogP contribution in [0.25, 0.3) is 0 Å². The molecule has 0 radical (unpaired) electrons. The lowest BCUT2D eigenvalue weighted by Gasteiger charge is -2.29. The molecule has 1 saturated heterocycles. The molecule has 0 amide bonds. The average Bonchev–Trinajstić information content (AvgIpc) is 2.38.